The van der Waals surface area contributed by atoms with E-state index in [2.05, 4.69) is 0 Å². The molecule has 8 nitrogen and oxygen atoms in total. The average Bonchev–Trinajstić information content (AvgIpc) is 2.91. The molecule has 1 atom stereocenters. The highest BCUT2D eigenvalue weighted by Crippen LogP contribution is 2.45. The summed E-state index contributed by atoms with van der Waals surface area (Å²) >= 11 is 0. The number of methoxy groups -OCH3 is 2. The Hall–Kier alpha value is -3.36. The lowest BCUT2D eigenvalue weighted by molar-refractivity contribution is -0.182. The molecule has 1 amide bonds. The van der Waals surface area contributed by atoms with Crippen molar-refractivity contribution in [2.24, 2.45) is 0 Å². The Labute approximate surface area is 160 Å². The Morgan fingerprint density at radius 1 is 0.964 bits per heavy atom. The Balaban J connectivity index is 2.34. The molecule has 0 fully saturated rings. The van der Waals surface area contributed by atoms with E-state index in [1.54, 1.807) is 0 Å². The number of nitrogens with zero attached hydrogens (tertiary/aromatic N) is 1. The molecule has 1 aliphatic heterocycles. The molecule has 0 saturated carbocycles. The number of carbonyl (C=O) groups excluding carboxylic acids is 2. The van der Waals surface area contributed by atoms with Gasteiger partial charge in [0.2, 0.25) is 0 Å². The molecule has 8 heteroatoms. The van der Waals surface area contributed by atoms with Crippen LogP contribution >= 0.6 is 0 Å². The quantitative estimate of drug-likeness (QED) is 0.665. The lowest BCUT2D eigenvalue weighted by atomic mass is 9.90. The van der Waals surface area contributed by atoms with E-state index in [9.17, 15) is 24.9 Å². The number of carbonyl (C=O) groups is 2. The van der Waals surface area contributed by atoms with E-state index < -0.39 is 17.6 Å². The number of esters is 1. The zero-order valence-corrected chi connectivity index (χ0v) is 15.2. The van der Waals surface area contributed by atoms with E-state index in [0.29, 0.717) is 11.1 Å². The van der Waals surface area contributed by atoms with Crippen LogP contribution < -0.4 is 0 Å². The maximum atomic E-state index is 13.2. The van der Waals surface area contributed by atoms with Crippen LogP contribution in [0.25, 0.3) is 11.1 Å². The molecule has 0 saturated heterocycles. The van der Waals surface area contributed by atoms with Gasteiger partial charge in [-0.2, -0.15) is 0 Å². The molecule has 2 aromatic rings. The highest BCUT2D eigenvalue weighted by atomic mass is 16.6. The van der Waals surface area contributed by atoms with Crippen LogP contribution in [0.1, 0.15) is 11.1 Å². The van der Waals surface area contributed by atoms with Gasteiger partial charge >= 0.3 is 5.97 Å². The number of hydrogen-bond donors (Lipinski definition) is 3. The van der Waals surface area contributed by atoms with Crippen LogP contribution in [0.2, 0.25) is 0 Å². The first-order valence-corrected chi connectivity index (χ1v) is 8.29. The molecule has 0 unspecified atom stereocenters. The average molecular weight is 385 g/mol. The van der Waals surface area contributed by atoms with Crippen LogP contribution in [0.3, 0.4) is 0 Å². The summed E-state index contributed by atoms with van der Waals surface area (Å²) < 4.78 is 9.80. The summed E-state index contributed by atoms with van der Waals surface area (Å²) in [7, 11) is 2.42. The van der Waals surface area contributed by atoms with Gasteiger partial charge in [-0.1, -0.05) is 24.3 Å². The van der Waals surface area contributed by atoms with E-state index in [1.807, 2.05) is 0 Å². The van der Waals surface area contributed by atoms with Gasteiger partial charge < -0.3 is 24.8 Å². The lowest BCUT2D eigenvalue weighted by Crippen LogP contribution is -2.55. The molecule has 1 heterocycles. The van der Waals surface area contributed by atoms with Crippen LogP contribution in [0.5, 0.6) is 11.5 Å². The Morgan fingerprint density at radius 3 is 1.93 bits per heavy atom. The molecule has 0 bridgehead atoms. The summed E-state index contributed by atoms with van der Waals surface area (Å²) in [6, 6.07) is 11.5. The third-order valence-electron chi connectivity index (χ3n) is 4.49. The van der Waals surface area contributed by atoms with Crippen LogP contribution in [0.4, 0.5) is 0 Å². The SMILES string of the molecule is COCN1C(=O)C(c2ccc(O)cc2)=C(c2ccc(O)cc2)[C@@]1(O)C(=O)OC. The molecule has 3 rings (SSSR count). The molecule has 2 aromatic carbocycles. The fourth-order valence-electron chi connectivity index (χ4n) is 3.20. The standard InChI is InChI=1S/C20H19NO7/c1-27-11-21-18(24)16(12-3-7-14(22)8-4-12)17(20(21,26)19(25)28-2)13-5-9-15(23)10-6-13/h3-10,22-23,26H,11H2,1-2H3/t20-/m1/s1. The van der Waals surface area contributed by atoms with Crippen LogP contribution in [-0.4, -0.2) is 58.8 Å². The van der Waals surface area contributed by atoms with Crippen LogP contribution in [0, 0.1) is 0 Å². The normalized spacial score (nSPS) is 19.2. The minimum Gasteiger partial charge on any atom is -0.508 e. The maximum absolute atomic E-state index is 13.2. The first kappa shape index (κ1) is 19.4. The molecule has 0 radical (unpaired) electrons. The highest BCUT2D eigenvalue weighted by Gasteiger charge is 2.57. The third-order valence-corrected chi connectivity index (χ3v) is 4.49. The van der Waals surface area contributed by atoms with Crippen molar-refractivity contribution >= 4 is 23.0 Å². The minimum atomic E-state index is -2.44. The zero-order valence-electron chi connectivity index (χ0n) is 15.2. The van der Waals surface area contributed by atoms with Crippen LogP contribution in [-0.2, 0) is 19.1 Å². The molecule has 1 aliphatic rings. The van der Waals surface area contributed by atoms with Gasteiger partial charge in [-0.15, -0.1) is 0 Å². The maximum Gasteiger partial charge on any atom is 0.364 e. The summed E-state index contributed by atoms with van der Waals surface area (Å²) in [5, 5.41) is 30.5. The van der Waals surface area contributed by atoms with Crippen molar-refractivity contribution in [1.29, 1.82) is 0 Å². The highest BCUT2D eigenvalue weighted by molar-refractivity contribution is 6.34. The first-order valence-electron chi connectivity index (χ1n) is 8.29. The van der Waals surface area contributed by atoms with Crippen molar-refractivity contribution in [3.8, 4) is 11.5 Å². The van der Waals surface area contributed by atoms with Gasteiger partial charge in [0.25, 0.3) is 11.6 Å². The largest absolute Gasteiger partial charge is 0.508 e. The Morgan fingerprint density at radius 2 is 1.46 bits per heavy atom. The number of benzene rings is 2. The molecule has 0 spiro atoms. The number of phenolic OH excluding ortho intramolecular Hbond substituents is 2. The van der Waals surface area contributed by atoms with E-state index >= 15 is 0 Å². The number of amides is 1. The molecule has 0 aromatic heterocycles. The summed E-state index contributed by atoms with van der Waals surface area (Å²) in [6.07, 6.45) is 0. The summed E-state index contributed by atoms with van der Waals surface area (Å²) in [5.41, 5.74) is -1.68. The van der Waals surface area contributed by atoms with E-state index in [1.165, 1.54) is 55.6 Å². The van der Waals surface area contributed by atoms with E-state index in [-0.39, 0.29) is 29.4 Å². The second-order valence-corrected chi connectivity index (χ2v) is 6.16. The zero-order chi connectivity index (χ0) is 20.5. The summed E-state index contributed by atoms with van der Waals surface area (Å²) in [5.74, 6) is -1.73. The van der Waals surface area contributed by atoms with Gasteiger partial charge in [-0.3, -0.25) is 9.69 Å². The van der Waals surface area contributed by atoms with Crippen LogP contribution in [0.15, 0.2) is 48.5 Å². The van der Waals surface area contributed by atoms with E-state index in [4.69, 9.17) is 9.47 Å². The van der Waals surface area contributed by atoms with Crippen molar-refractivity contribution in [2.45, 2.75) is 5.72 Å². The number of ether oxygens (including phenoxy) is 2. The molecule has 3 N–H and O–H groups in total. The Bertz CT molecular complexity index is 934. The Kier molecular flexibility index (Phi) is 5.08. The fourth-order valence-corrected chi connectivity index (χ4v) is 3.20. The number of phenols is 2. The lowest BCUT2D eigenvalue weighted by Gasteiger charge is -2.32. The molecular weight excluding hydrogens is 366 g/mol. The number of aliphatic hydroxyl groups is 1. The summed E-state index contributed by atoms with van der Waals surface area (Å²) in [4.78, 5) is 26.6. The van der Waals surface area contributed by atoms with Crippen molar-refractivity contribution < 1.29 is 34.4 Å². The summed E-state index contributed by atoms with van der Waals surface area (Å²) in [6.45, 7) is -0.367. The van der Waals surface area contributed by atoms with Crippen molar-refractivity contribution in [1.82, 2.24) is 4.90 Å². The number of aromatic hydroxyl groups is 2. The van der Waals surface area contributed by atoms with Gasteiger partial charge in [0.1, 0.15) is 18.2 Å². The van der Waals surface area contributed by atoms with Gasteiger partial charge in [-0.05, 0) is 35.4 Å². The minimum absolute atomic E-state index is 0.00189. The number of hydrogen-bond acceptors (Lipinski definition) is 7. The van der Waals surface area contributed by atoms with Gasteiger partial charge in [0.15, 0.2) is 0 Å². The predicted octanol–water partition coefficient (Wildman–Crippen LogP) is 1.32. The molecule has 146 valence electrons. The second kappa shape index (κ2) is 7.34. The smallest absolute Gasteiger partial charge is 0.364 e. The molecule has 28 heavy (non-hydrogen) atoms. The number of rotatable bonds is 5. The monoisotopic (exact) mass is 385 g/mol. The van der Waals surface area contributed by atoms with E-state index in [0.717, 1.165) is 12.0 Å². The second-order valence-electron chi connectivity index (χ2n) is 6.16. The van der Waals surface area contributed by atoms with Gasteiger partial charge in [0.05, 0.1) is 12.7 Å². The van der Waals surface area contributed by atoms with Crippen molar-refractivity contribution in [2.75, 3.05) is 21.0 Å². The van der Waals surface area contributed by atoms with Crippen molar-refractivity contribution in [3.05, 3.63) is 59.7 Å². The molecular formula is C20H19NO7. The topological polar surface area (TPSA) is 117 Å². The fraction of sp³-hybridized carbons (Fsp3) is 0.200. The predicted molar refractivity (Wildman–Crippen MR) is 98.7 cm³/mol. The first-order chi connectivity index (χ1) is 13.3. The van der Waals surface area contributed by atoms with Gasteiger partial charge in [0, 0.05) is 12.7 Å². The molecule has 0 aliphatic carbocycles. The van der Waals surface area contributed by atoms with Gasteiger partial charge in [-0.25, -0.2) is 4.79 Å². The van der Waals surface area contributed by atoms with Crippen molar-refractivity contribution in [3.63, 3.8) is 0 Å². The third kappa shape index (κ3) is 2.98.